The van der Waals surface area contributed by atoms with E-state index in [2.05, 4.69) is 0 Å². The summed E-state index contributed by atoms with van der Waals surface area (Å²) >= 11 is 5.98. The van der Waals surface area contributed by atoms with Crippen molar-refractivity contribution in [2.75, 3.05) is 6.73 Å². The number of amides is 1. The Kier molecular flexibility index (Phi) is 5.18. The van der Waals surface area contributed by atoms with E-state index in [1.165, 1.54) is 12.1 Å². The van der Waals surface area contributed by atoms with Crippen LogP contribution in [0.15, 0.2) is 54.6 Å². The first-order valence-electron chi connectivity index (χ1n) is 9.18. The summed E-state index contributed by atoms with van der Waals surface area (Å²) in [5.74, 6) is -1.25. The van der Waals surface area contributed by atoms with E-state index in [-0.39, 0.29) is 30.3 Å². The van der Waals surface area contributed by atoms with Gasteiger partial charge in [0.1, 0.15) is 11.6 Å². The molecule has 30 heavy (non-hydrogen) atoms. The predicted molar refractivity (Wildman–Crippen MR) is 110 cm³/mol. The first-order chi connectivity index (χ1) is 14.3. The van der Waals surface area contributed by atoms with Crippen LogP contribution >= 0.6 is 11.6 Å². The summed E-state index contributed by atoms with van der Waals surface area (Å²) in [6.07, 6.45) is 0. The number of rotatable bonds is 3. The summed E-state index contributed by atoms with van der Waals surface area (Å²) in [6.45, 7) is 2.19. The highest BCUT2D eigenvalue weighted by atomic mass is 35.5. The number of carbonyl (C=O) groups excluding carboxylic acids is 1. The van der Waals surface area contributed by atoms with Crippen molar-refractivity contribution in [3.63, 3.8) is 0 Å². The fourth-order valence-corrected chi connectivity index (χ4v) is 3.68. The molecule has 0 spiro atoms. The van der Waals surface area contributed by atoms with Gasteiger partial charge < -0.3 is 14.7 Å². The van der Waals surface area contributed by atoms with Crippen LogP contribution in [0.25, 0.3) is 11.1 Å². The molecule has 1 aliphatic rings. The number of halogens is 2. The molecule has 0 saturated carbocycles. The molecule has 0 fully saturated rings. The number of aryl methyl sites for hydroxylation is 1. The highest BCUT2D eigenvalue weighted by Crippen LogP contribution is 2.32. The summed E-state index contributed by atoms with van der Waals surface area (Å²) in [4.78, 5) is 25.7. The summed E-state index contributed by atoms with van der Waals surface area (Å²) in [6, 6.07) is 13.8. The molecule has 0 bridgehead atoms. The van der Waals surface area contributed by atoms with Gasteiger partial charge in [0.25, 0.3) is 5.91 Å². The number of carbonyl (C=O) groups is 2. The average molecular weight is 426 g/mol. The molecule has 0 aromatic heterocycles. The van der Waals surface area contributed by atoms with Gasteiger partial charge in [0.15, 0.2) is 6.73 Å². The van der Waals surface area contributed by atoms with Gasteiger partial charge in [-0.1, -0.05) is 17.7 Å². The monoisotopic (exact) mass is 425 g/mol. The summed E-state index contributed by atoms with van der Waals surface area (Å²) in [7, 11) is 0. The zero-order valence-corrected chi connectivity index (χ0v) is 16.7. The van der Waals surface area contributed by atoms with E-state index in [0.717, 1.165) is 11.6 Å². The molecule has 152 valence electrons. The molecule has 0 saturated heterocycles. The lowest BCUT2D eigenvalue weighted by Gasteiger charge is -2.30. The van der Waals surface area contributed by atoms with Gasteiger partial charge >= 0.3 is 5.97 Å². The lowest BCUT2D eigenvalue weighted by atomic mass is 9.99. The molecule has 0 aliphatic carbocycles. The van der Waals surface area contributed by atoms with Gasteiger partial charge in [-0.2, -0.15) is 0 Å². The van der Waals surface area contributed by atoms with E-state index >= 15 is 0 Å². The minimum atomic E-state index is -1.13. The highest BCUT2D eigenvalue weighted by Gasteiger charge is 2.24. The van der Waals surface area contributed by atoms with E-state index in [9.17, 15) is 19.1 Å². The predicted octanol–water partition coefficient (Wildman–Crippen LogP) is 5.15. The van der Waals surface area contributed by atoms with Gasteiger partial charge in [0.2, 0.25) is 0 Å². The van der Waals surface area contributed by atoms with E-state index < -0.39 is 11.8 Å². The molecule has 7 heteroatoms. The minimum Gasteiger partial charge on any atom is -0.478 e. The van der Waals surface area contributed by atoms with Crippen molar-refractivity contribution in [2.24, 2.45) is 0 Å². The van der Waals surface area contributed by atoms with Crippen molar-refractivity contribution < 1.29 is 23.8 Å². The maximum absolute atomic E-state index is 14.4. The largest absolute Gasteiger partial charge is 0.478 e. The topological polar surface area (TPSA) is 66.8 Å². The molecule has 4 rings (SSSR count). The van der Waals surface area contributed by atoms with E-state index in [1.54, 1.807) is 41.3 Å². The third-order valence-electron chi connectivity index (χ3n) is 5.03. The number of fused-ring (bicyclic) bond motifs is 1. The molecule has 3 aromatic carbocycles. The van der Waals surface area contributed by atoms with Gasteiger partial charge in [-0.05, 0) is 66.6 Å². The van der Waals surface area contributed by atoms with Crippen molar-refractivity contribution in [1.82, 2.24) is 4.90 Å². The van der Waals surface area contributed by atoms with Crippen LogP contribution in [-0.4, -0.2) is 28.6 Å². The van der Waals surface area contributed by atoms with Gasteiger partial charge in [0, 0.05) is 21.7 Å². The van der Waals surface area contributed by atoms with Gasteiger partial charge in [-0.15, -0.1) is 0 Å². The minimum absolute atomic E-state index is 0.00427. The standard InChI is InChI=1S/C23H17ClFNO4/c1-13-8-17(24)4-5-18(13)22(27)26-11-16-9-14(3-7-21(16)30-12-26)19-10-15(23(28)29)2-6-20(19)25/h2-10H,11-12H2,1H3,(H,28,29). The number of carboxylic acids is 1. The fraction of sp³-hybridized carbons (Fsp3) is 0.130. The van der Waals surface area contributed by atoms with Crippen molar-refractivity contribution in [2.45, 2.75) is 13.5 Å². The number of nitrogens with zero attached hydrogens (tertiary/aromatic N) is 1. The first kappa shape index (κ1) is 19.9. The number of carboxylic acid groups (broad SMARTS) is 1. The van der Waals surface area contributed by atoms with Crippen LogP contribution in [0.1, 0.15) is 31.8 Å². The highest BCUT2D eigenvalue weighted by molar-refractivity contribution is 6.30. The quantitative estimate of drug-likeness (QED) is 0.630. The van der Waals surface area contributed by atoms with Crippen molar-refractivity contribution in [1.29, 1.82) is 0 Å². The molecule has 1 heterocycles. The molecule has 1 N–H and O–H groups in total. The van der Waals surface area contributed by atoms with Gasteiger partial charge in [-0.25, -0.2) is 9.18 Å². The Morgan fingerprint density at radius 2 is 1.90 bits per heavy atom. The van der Waals surface area contributed by atoms with Crippen LogP contribution in [0.2, 0.25) is 5.02 Å². The third-order valence-corrected chi connectivity index (χ3v) is 5.26. The van der Waals surface area contributed by atoms with Crippen LogP contribution < -0.4 is 4.74 Å². The fourth-order valence-electron chi connectivity index (χ4n) is 3.46. The second-order valence-electron chi connectivity index (χ2n) is 7.06. The number of hydrogen-bond acceptors (Lipinski definition) is 3. The third kappa shape index (κ3) is 3.74. The van der Waals surface area contributed by atoms with Crippen molar-refractivity contribution >= 4 is 23.5 Å². The molecule has 3 aromatic rings. The molecule has 0 unspecified atom stereocenters. The molecule has 1 aliphatic heterocycles. The Hall–Kier alpha value is -3.38. The van der Waals surface area contributed by atoms with Crippen LogP contribution in [-0.2, 0) is 6.54 Å². The number of hydrogen-bond donors (Lipinski definition) is 1. The molecule has 5 nitrogen and oxygen atoms in total. The maximum atomic E-state index is 14.4. The van der Waals surface area contributed by atoms with Crippen LogP contribution in [0.5, 0.6) is 5.75 Å². The van der Waals surface area contributed by atoms with E-state index in [1.807, 2.05) is 6.92 Å². The average Bonchev–Trinajstić information content (AvgIpc) is 2.72. The smallest absolute Gasteiger partial charge is 0.335 e. The summed E-state index contributed by atoms with van der Waals surface area (Å²) < 4.78 is 20.1. The Bertz CT molecular complexity index is 1180. The normalized spacial score (nSPS) is 12.8. The number of ether oxygens (including phenoxy) is 1. The zero-order valence-electron chi connectivity index (χ0n) is 16.0. The summed E-state index contributed by atoms with van der Waals surface area (Å²) in [5.41, 5.74) is 2.68. The number of benzene rings is 3. The van der Waals surface area contributed by atoms with Crippen molar-refractivity contribution in [3.8, 4) is 16.9 Å². The summed E-state index contributed by atoms with van der Waals surface area (Å²) in [5, 5.41) is 9.74. The van der Waals surface area contributed by atoms with Crippen LogP contribution in [0.3, 0.4) is 0 Å². The molecule has 1 amide bonds. The lowest BCUT2D eigenvalue weighted by molar-refractivity contribution is 0.0513. The Morgan fingerprint density at radius 3 is 2.63 bits per heavy atom. The molecular weight excluding hydrogens is 409 g/mol. The van der Waals surface area contributed by atoms with E-state index in [4.69, 9.17) is 16.3 Å². The van der Waals surface area contributed by atoms with Crippen molar-refractivity contribution in [3.05, 3.63) is 87.7 Å². The number of aromatic carboxylic acids is 1. The Morgan fingerprint density at radius 1 is 1.10 bits per heavy atom. The van der Waals surface area contributed by atoms with Gasteiger partial charge in [-0.3, -0.25) is 4.79 Å². The second-order valence-corrected chi connectivity index (χ2v) is 7.49. The lowest BCUT2D eigenvalue weighted by Crippen LogP contribution is -2.37. The first-order valence-corrected chi connectivity index (χ1v) is 9.55. The molecule has 0 radical (unpaired) electrons. The molecule has 0 atom stereocenters. The van der Waals surface area contributed by atoms with Crippen LogP contribution in [0, 0.1) is 12.7 Å². The van der Waals surface area contributed by atoms with E-state index in [0.29, 0.717) is 27.5 Å². The van der Waals surface area contributed by atoms with Gasteiger partial charge in [0.05, 0.1) is 12.1 Å². The maximum Gasteiger partial charge on any atom is 0.335 e. The van der Waals surface area contributed by atoms with Crippen LogP contribution in [0.4, 0.5) is 4.39 Å². The second kappa shape index (κ2) is 7.80. The SMILES string of the molecule is Cc1cc(Cl)ccc1C(=O)N1COc2ccc(-c3cc(C(=O)O)ccc3F)cc2C1. The Balaban J connectivity index is 1.65. The zero-order chi connectivity index (χ0) is 21.4. The Labute approximate surface area is 177 Å². The molecular formula is C23H17ClFNO4.